The number of nitrogens with two attached hydrogens (primary N) is 2. The third kappa shape index (κ3) is 8.38. The molecule has 0 aliphatic carbocycles. The minimum atomic E-state index is -1.26. The molecule has 1 unspecified atom stereocenters. The fourth-order valence-electron chi connectivity index (χ4n) is 4.55. The van der Waals surface area contributed by atoms with Crippen molar-refractivity contribution in [1.82, 2.24) is 15.1 Å². The Morgan fingerprint density at radius 1 is 0.875 bits per heavy atom. The molecule has 5 N–H and O–H groups in total. The van der Waals surface area contributed by atoms with Crippen molar-refractivity contribution in [2.45, 2.75) is 44.2 Å². The van der Waals surface area contributed by atoms with E-state index in [0.717, 1.165) is 26.8 Å². The molecule has 3 rings (SSSR count). The molecule has 0 aliphatic rings. The second-order valence-corrected chi connectivity index (χ2v) is 9.92. The van der Waals surface area contributed by atoms with Gasteiger partial charge in [-0.25, -0.2) is 4.79 Å². The summed E-state index contributed by atoms with van der Waals surface area (Å²) in [4.78, 5) is 54.7. The fourth-order valence-corrected chi connectivity index (χ4v) is 4.55. The van der Waals surface area contributed by atoms with Crippen molar-refractivity contribution in [3.63, 3.8) is 0 Å². The van der Waals surface area contributed by atoms with Crippen molar-refractivity contribution in [1.29, 1.82) is 0 Å². The van der Waals surface area contributed by atoms with Crippen LogP contribution in [0.1, 0.15) is 30.4 Å². The number of urea groups is 1. The lowest BCUT2D eigenvalue weighted by Gasteiger charge is -2.30. The van der Waals surface area contributed by atoms with Gasteiger partial charge in [-0.05, 0) is 54.1 Å². The molecule has 1 radical (unpaired) electrons. The van der Waals surface area contributed by atoms with Gasteiger partial charge < -0.3 is 21.7 Å². The van der Waals surface area contributed by atoms with Crippen molar-refractivity contribution in [2.24, 2.45) is 11.5 Å². The number of rotatable bonds is 13. The molecule has 3 aromatic rings. The topological polar surface area (TPSA) is 139 Å². The number of carbonyl (C=O) groups is 4. The van der Waals surface area contributed by atoms with Gasteiger partial charge in [-0.3, -0.25) is 19.3 Å². The number of benzene rings is 3. The number of hydrogen-bond acceptors (Lipinski definition) is 5. The van der Waals surface area contributed by atoms with Crippen LogP contribution in [-0.2, 0) is 27.2 Å². The standard InChI is InChI=1S/C31H38N5O4/c1-35(2)30(39)26(14-8-9-19-32)34-29(38)27(21-22-10-4-3-5-11-22)36(31(33)40)28(37)18-16-23-15-17-24-12-6-7-13-25(24)20-23/h3-7,10-13,15,17-18,20,26-27H,8-9,14,16,19,21,32H2,1-2H3,(H2,33,40)(H,34,38)/t26?,27-/m1/s1. The second-order valence-electron chi connectivity index (χ2n) is 9.92. The molecule has 211 valence electrons. The van der Waals surface area contributed by atoms with Gasteiger partial charge in [0.1, 0.15) is 12.1 Å². The Kier molecular flexibility index (Phi) is 11.2. The van der Waals surface area contributed by atoms with E-state index in [1.807, 2.05) is 48.5 Å². The maximum absolute atomic E-state index is 13.7. The summed E-state index contributed by atoms with van der Waals surface area (Å²) in [6.45, 7) is 0.463. The molecule has 0 bridgehead atoms. The zero-order chi connectivity index (χ0) is 29.1. The Labute approximate surface area is 235 Å². The summed E-state index contributed by atoms with van der Waals surface area (Å²) in [5, 5.41) is 4.88. The second kappa shape index (κ2) is 14.8. The summed E-state index contributed by atoms with van der Waals surface area (Å²) in [6, 6.07) is 19.6. The summed E-state index contributed by atoms with van der Waals surface area (Å²) in [6.07, 6.45) is 3.32. The van der Waals surface area contributed by atoms with Crippen molar-refractivity contribution in [3.8, 4) is 0 Å². The summed E-state index contributed by atoms with van der Waals surface area (Å²) in [7, 11) is 3.21. The minimum absolute atomic E-state index is 0.0385. The van der Waals surface area contributed by atoms with Gasteiger partial charge in [-0.15, -0.1) is 0 Å². The Morgan fingerprint density at radius 2 is 1.55 bits per heavy atom. The monoisotopic (exact) mass is 544 g/mol. The Bertz CT molecular complexity index is 1310. The number of unbranched alkanes of at least 4 members (excludes halogenated alkanes) is 1. The van der Waals surface area contributed by atoms with E-state index in [1.165, 1.54) is 11.3 Å². The van der Waals surface area contributed by atoms with E-state index in [4.69, 9.17) is 11.5 Å². The third-order valence-corrected chi connectivity index (χ3v) is 6.69. The van der Waals surface area contributed by atoms with E-state index >= 15 is 0 Å². The van der Waals surface area contributed by atoms with Gasteiger partial charge in [0.2, 0.25) is 17.7 Å². The molecule has 0 saturated heterocycles. The summed E-state index contributed by atoms with van der Waals surface area (Å²) in [5.41, 5.74) is 12.9. The van der Waals surface area contributed by atoms with E-state index < -0.39 is 29.9 Å². The molecule has 0 aromatic heterocycles. The molecule has 40 heavy (non-hydrogen) atoms. The fraction of sp³-hybridized carbons (Fsp3) is 0.323. The molecule has 0 fully saturated rings. The number of hydrogen-bond donors (Lipinski definition) is 3. The zero-order valence-electron chi connectivity index (χ0n) is 23.1. The van der Waals surface area contributed by atoms with Crippen LogP contribution in [0, 0.1) is 6.42 Å². The molecule has 3 aromatic carbocycles. The first-order chi connectivity index (χ1) is 19.2. The number of likely N-dealkylation sites (N-methyl/N-ethyl adjacent to an activating group) is 1. The van der Waals surface area contributed by atoms with Crippen LogP contribution in [0.3, 0.4) is 0 Å². The van der Waals surface area contributed by atoms with Gasteiger partial charge in [-0.2, -0.15) is 0 Å². The van der Waals surface area contributed by atoms with Gasteiger partial charge in [-0.1, -0.05) is 72.8 Å². The van der Waals surface area contributed by atoms with Crippen molar-refractivity contribution < 1.29 is 19.2 Å². The van der Waals surface area contributed by atoms with Gasteiger partial charge in [0.05, 0.1) is 6.42 Å². The number of nitrogens with one attached hydrogen (secondary N) is 1. The molecule has 0 saturated carbocycles. The summed E-state index contributed by atoms with van der Waals surface area (Å²) >= 11 is 0. The highest BCUT2D eigenvalue weighted by Crippen LogP contribution is 2.18. The van der Waals surface area contributed by atoms with Gasteiger partial charge in [0.15, 0.2) is 0 Å². The molecule has 0 heterocycles. The molecule has 0 aliphatic heterocycles. The van der Waals surface area contributed by atoms with Crippen LogP contribution in [0.2, 0.25) is 0 Å². The van der Waals surface area contributed by atoms with Crippen LogP contribution >= 0.6 is 0 Å². The number of primary amides is 1. The normalized spacial score (nSPS) is 12.4. The predicted octanol–water partition coefficient (Wildman–Crippen LogP) is 2.81. The van der Waals surface area contributed by atoms with Crippen molar-refractivity contribution in [2.75, 3.05) is 20.6 Å². The van der Waals surface area contributed by atoms with E-state index in [9.17, 15) is 19.2 Å². The Hall–Kier alpha value is -4.24. The maximum atomic E-state index is 13.7. The number of carbonyl (C=O) groups excluding carboxylic acids is 4. The van der Waals surface area contributed by atoms with Crippen molar-refractivity contribution >= 4 is 34.5 Å². The van der Waals surface area contributed by atoms with Crippen molar-refractivity contribution in [3.05, 3.63) is 90.3 Å². The first-order valence-electron chi connectivity index (χ1n) is 13.4. The summed E-state index contributed by atoms with van der Waals surface area (Å²) in [5.74, 6) is -1.61. The summed E-state index contributed by atoms with van der Waals surface area (Å²) < 4.78 is 0. The zero-order valence-corrected chi connectivity index (χ0v) is 23.1. The highest BCUT2D eigenvalue weighted by atomic mass is 16.2. The van der Waals surface area contributed by atoms with Crippen LogP contribution in [0.4, 0.5) is 4.79 Å². The Balaban J connectivity index is 1.84. The highest BCUT2D eigenvalue weighted by molar-refractivity contribution is 6.03. The maximum Gasteiger partial charge on any atom is 0.322 e. The Morgan fingerprint density at radius 3 is 2.20 bits per heavy atom. The average Bonchev–Trinajstić information content (AvgIpc) is 2.95. The SMILES string of the molecule is CN(C)C(=O)C(CCCCN)NC(=O)[C@@H](Cc1ccccc1)N(C(N)=O)C(=O)[CH]Cc1ccc2ccccc2c1. The van der Waals surface area contributed by atoms with E-state index in [1.54, 1.807) is 38.4 Å². The first kappa shape index (κ1) is 30.3. The first-order valence-corrected chi connectivity index (χ1v) is 13.4. The quantitative estimate of drug-likeness (QED) is 0.284. The van der Waals surface area contributed by atoms with E-state index in [2.05, 4.69) is 5.32 Å². The molecule has 2 atom stereocenters. The lowest BCUT2D eigenvalue weighted by molar-refractivity contribution is -0.138. The van der Waals surface area contributed by atoms with Gasteiger partial charge in [0.25, 0.3) is 0 Å². The molecular weight excluding hydrogens is 506 g/mol. The van der Waals surface area contributed by atoms with Crippen LogP contribution in [0.25, 0.3) is 10.8 Å². The van der Waals surface area contributed by atoms with E-state index in [0.29, 0.717) is 25.8 Å². The van der Waals surface area contributed by atoms with Crippen LogP contribution in [0.15, 0.2) is 72.8 Å². The number of fused-ring (bicyclic) bond motifs is 1. The van der Waals surface area contributed by atoms with E-state index in [-0.39, 0.29) is 18.7 Å². The van der Waals surface area contributed by atoms with Crippen LogP contribution in [-0.4, -0.2) is 66.3 Å². The lowest BCUT2D eigenvalue weighted by atomic mass is 10.0. The number of amides is 5. The van der Waals surface area contributed by atoms with Crippen LogP contribution < -0.4 is 16.8 Å². The third-order valence-electron chi connectivity index (χ3n) is 6.69. The highest BCUT2D eigenvalue weighted by Gasteiger charge is 2.35. The number of nitrogens with zero attached hydrogens (tertiary/aromatic N) is 2. The molecule has 9 nitrogen and oxygen atoms in total. The number of imide groups is 1. The smallest absolute Gasteiger partial charge is 0.322 e. The van der Waals surface area contributed by atoms with Gasteiger partial charge in [0, 0.05) is 20.5 Å². The lowest BCUT2D eigenvalue weighted by Crippen LogP contribution is -2.58. The van der Waals surface area contributed by atoms with Gasteiger partial charge >= 0.3 is 6.03 Å². The largest absolute Gasteiger partial charge is 0.351 e. The predicted molar refractivity (Wildman–Crippen MR) is 156 cm³/mol. The molecule has 9 heteroatoms. The molecule has 0 spiro atoms. The average molecular weight is 545 g/mol. The molecular formula is C31H38N5O4. The van der Waals surface area contributed by atoms with Crippen LogP contribution in [0.5, 0.6) is 0 Å². The minimum Gasteiger partial charge on any atom is -0.351 e. The molecule has 5 amide bonds.